The van der Waals surface area contributed by atoms with Gasteiger partial charge in [0, 0.05) is 11.6 Å². The Kier molecular flexibility index (Phi) is 5.71. The molecule has 2 aliphatic heterocycles. The first-order chi connectivity index (χ1) is 13.5. The second kappa shape index (κ2) is 8.19. The monoisotopic (exact) mass is 398 g/mol. The van der Waals surface area contributed by atoms with E-state index in [1.165, 1.54) is 9.80 Å². The molecule has 144 valence electrons. The Bertz CT molecular complexity index is 918. The highest BCUT2D eigenvalue weighted by Gasteiger charge is 2.44. The smallest absolute Gasteiger partial charge is 0.322 e. The summed E-state index contributed by atoms with van der Waals surface area (Å²) < 4.78 is 0. The molecule has 1 aromatic rings. The van der Waals surface area contributed by atoms with Gasteiger partial charge in [0.1, 0.15) is 6.54 Å². The van der Waals surface area contributed by atoms with E-state index in [0.29, 0.717) is 21.9 Å². The van der Waals surface area contributed by atoms with Crippen LogP contribution in [0.3, 0.4) is 0 Å². The van der Waals surface area contributed by atoms with Gasteiger partial charge in [-0.25, -0.2) is 4.79 Å². The van der Waals surface area contributed by atoms with Crippen LogP contribution in [0, 0.1) is 12.3 Å². The van der Waals surface area contributed by atoms with E-state index in [1.807, 2.05) is 0 Å². The summed E-state index contributed by atoms with van der Waals surface area (Å²) in [4.78, 5) is 40.6. The van der Waals surface area contributed by atoms with Crippen molar-refractivity contribution in [1.29, 1.82) is 0 Å². The number of carbonyl (C=O) groups is 3. The molecule has 2 heterocycles. The predicted molar refractivity (Wildman–Crippen MR) is 105 cm³/mol. The molecule has 0 aliphatic carbocycles. The molecule has 0 saturated heterocycles. The van der Waals surface area contributed by atoms with Gasteiger partial charge in [0.25, 0.3) is 5.91 Å². The zero-order chi connectivity index (χ0) is 20.3. The number of nitrogens with zero attached hydrogens (tertiary/aromatic N) is 2. The van der Waals surface area contributed by atoms with Gasteiger partial charge in [-0.2, -0.15) is 0 Å². The van der Waals surface area contributed by atoms with Crippen molar-refractivity contribution in [2.75, 3.05) is 26.2 Å². The molecule has 0 spiro atoms. The highest BCUT2D eigenvalue weighted by molar-refractivity contribution is 6.30. The molecule has 28 heavy (non-hydrogen) atoms. The number of hydrogen-bond donors (Lipinski definition) is 2. The molecule has 2 N–H and O–H groups in total. The van der Waals surface area contributed by atoms with E-state index in [2.05, 4.69) is 23.1 Å². The number of hydrogen-bond acceptors (Lipinski definition) is 3. The van der Waals surface area contributed by atoms with E-state index in [9.17, 15) is 14.4 Å². The van der Waals surface area contributed by atoms with Crippen LogP contribution in [-0.4, -0.2) is 53.8 Å². The number of rotatable bonds is 6. The standard InChI is InChI=1S/C20H19ClN4O3/c1-3-8-22-16(26)12-24-11-15-17(19(24)27)18(13-6-5-7-14(21)10-13)23-20(28)25(15)9-4-2/h1,4-7,10,18H,2,8-9,11-12H2,(H,22,26)(H,23,28). The highest BCUT2D eigenvalue weighted by atomic mass is 35.5. The molecule has 7 nitrogen and oxygen atoms in total. The number of carbonyl (C=O) groups excluding carboxylic acids is 3. The second-order valence-electron chi connectivity index (χ2n) is 6.34. The van der Waals surface area contributed by atoms with Crippen molar-refractivity contribution in [3.63, 3.8) is 0 Å². The van der Waals surface area contributed by atoms with Gasteiger partial charge in [-0.05, 0) is 17.7 Å². The van der Waals surface area contributed by atoms with E-state index >= 15 is 0 Å². The fourth-order valence-electron chi connectivity index (χ4n) is 3.31. The van der Waals surface area contributed by atoms with Gasteiger partial charge >= 0.3 is 6.03 Å². The van der Waals surface area contributed by atoms with Crippen LogP contribution < -0.4 is 10.6 Å². The number of amides is 4. The van der Waals surface area contributed by atoms with E-state index in [4.69, 9.17) is 18.0 Å². The fraction of sp³-hybridized carbons (Fsp3) is 0.250. The van der Waals surface area contributed by atoms with Gasteiger partial charge in [0.15, 0.2) is 0 Å². The van der Waals surface area contributed by atoms with Gasteiger partial charge in [0.2, 0.25) is 5.91 Å². The van der Waals surface area contributed by atoms with Crippen molar-refractivity contribution in [2.45, 2.75) is 6.04 Å². The SMILES string of the molecule is C#CCNC(=O)CN1CC2=C(C1=O)C(c1cccc(Cl)c1)NC(=O)N2CC=C. The quantitative estimate of drug-likeness (QED) is 0.562. The Hall–Kier alpha value is -3.24. The minimum absolute atomic E-state index is 0.0851. The van der Waals surface area contributed by atoms with Gasteiger partial charge < -0.3 is 15.5 Å². The molecule has 4 amide bonds. The van der Waals surface area contributed by atoms with E-state index < -0.39 is 6.04 Å². The molecule has 0 aromatic heterocycles. The lowest BCUT2D eigenvalue weighted by molar-refractivity contribution is -0.131. The van der Waals surface area contributed by atoms with Crippen LogP contribution in [0.25, 0.3) is 0 Å². The third-order valence-corrected chi connectivity index (χ3v) is 4.75. The molecule has 0 radical (unpaired) electrons. The third-order valence-electron chi connectivity index (χ3n) is 4.51. The molecule has 1 unspecified atom stereocenters. The molecular formula is C20H19ClN4O3. The van der Waals surface area contributed by atoms with E-state index in [0.717, 1.165) is 0 Å². The van der Waals surface area contributed by atoms with Crippen molar-refractivity contribution in [3.8, 4) is 12.3 Å². The van der Waals surface area contributed by atoms with Crippen molar-refractivity contribution in [1.82, 2.24) is 20.4 Å². The fourth-order valence-corrected chi connectivity index (χ4v) is 3.51. The largest absolute Gasteiger partial charge is 0.344 e. The molecule has 1 atom stereocenters. The average molecular weight is 399 g/mol. The first-order valence-electron chi connectivity index (χ1n) is 8.63. The van der Waals surface area contributed by atoms with Crippen molar-refractivity contribution >= 4 is 29.4 Å². The third kappa shape index (κ3) is 3.73. The first kappa shape index (κ1) is 19.5. The molecule has 2 aliphatic rings. The van der Waals surface area contributed by atoms with Crippen molar-refractivity contribution in [3.05, 3.63) is 58.8 Å². The summed E-state index contributed by atoms with van der Waals surface area (Å²) in [6.45, 7) is 4.00. The Morgan fingerprint density at radius 1 is 1.46 bits per heavy atom. The number of terminal acetylenes is 1. The maximum Gasteiger partial charge on any atom is 0.322 e. The summed E-state index contributed by atoms with van der Waals surface area (Å²) >= 11 is 6.09. The minimum atomic E-state index is -0.645. The number of urea groups is 1. The average Bonchev–Trinajstić information content (AvgIpc) is 2.98. The molecule has 1 aromatic carbocycles. The Morgan fingerprint density at radius 3 is 2.93 bits per heavy atom. The van der Waals surface area contributed by atoms with Crippen molar-refractivity contribution in [2.24, 2.45) is 0 Å². The summed E-state index contributed by atoms with van der Waals surface area (Å²) in [5, 5.41) is 5.89. The lowest BCUT2D eigenvalue weighted by Crippen LogP contribution is -2.47. The van der Waals surface area contributed by atoms with Gasteiger partial charge in [-0.3, -0.25) is 14.5 Å². The predicted octanol–water partition coefficient (Wildman–Crippen LogP) is 1.44. The molecule has 0 saturated carbocycles. The minimum Gasteiger partial charge on any atom is -0.344 e. The Balaban J connectivity index is 1.94. The molecular weight excluding hydrogens is 380 g/mol. The van der Waals surface area contributed by atoms with Crippen LogP contribution in [0.2, 0.25) is 5.02 Å². The molecule has 3 rings (SSSR count). The van der Waals surface area contributed by atoms with Crippen LogP contribution in [0.5, 0.6) is 0 Å². The lowest BCUT2D eigenvalue weighted by Gasteiger charge is -2.33. The van der Waals surface area contributed by atoms with Crippen LogP contribution in [0.1, 0.15) is 11.6 Å². The Morgan fingerprint density at radius 2 is 2.25 bits per heavy atom. The topological polar surface area (TPSA) is 81.8 Å². The summed E-state index contributed by atoms with van der Waals surface area (Å²) in [5.41, 5.74) is 1.68. The number of benzene rings is 1. The zero-order valence-electron chi connectivity index (χ0n) is 15.1. The summed E-state index contributed by atoms with van der Waals surface area (Å²) in [6, 6.07) is 5.98. The second-order valence-corrected chi connectivity index (χ2v) is 6.78. The van der Waals surface area contributed by atoms with Crippen LogP contribution in [0.4, 0.5) is 4.79 Å². The summed E-state index contributed by atoms with van der Waals surface area (Å²) in [7, 11) is 0. The maximum atomic E-state index is 13.1. The van der Waals surface area contributed by atoms with Gasteiger partial charge in [-0.1, -0.05) is 35.7 Å². The summed E-state index contributed by atoms with van der Waals surface area (Å²) in [5.74, 6) is 1.64. The molecule has 0 bridgehead atoms. The van der Waals surface area contributed by atoms with E-state index in [1.54, 1.807) is 30.3 Å². The van der Waals surface area contributed by atoms with Gasteiger partial charge in [-0.15, -0.1) is 13.0 Å². The van der Waals surface area contributed by atoms with Crippen LogP contribution in [-0.2, 0) is 9.59 Å². The Labute approximate surface area is 168 Å². The number of nitrogens with one attached hydrogen (secondary N) is 2. The normalized spacial score (nSPS) is 18.5. The summed E-state index contributed by atoms with van der Waals surface area (Å²) in [6.07, 6.45) is 6.72. The van der Waals surface area contributed by atoms with E-state index in [-0.39, 0.29) is 44.0 Å². The van der Waals surface area contributed by atoms with Crippen molar-refractivity contribution < 1.29 is 14.4 Å². The molecule has 8 heteroatoms. The van der Waals surface area contributed by atoms with Crippen LogP contribution in [0.15, 0.2) is 48.2 Å². The lowest BCUT2D eigenvalue weighted by atomic mass is 9.95. The number of halogens is 1. The maximum absolute atomic E-state index is 13.1. The zero-order valence-corrected chi connectivity index (χ0v) is 15.8. The highest BCUT2D eigenvalue weighted by Crippen LogP contribution is 2.36. The molecule has 0 fully saturated rings. The first-order valence-corrected chi connectivity index (χ1v) is 9.01. The van der Waals surface area contributed by atoms with Crippen LogP contribution >= 0.6 is 11.6 Å². The van der Waals surface area contributed by atoms with Gasteiger partial charge in [0.05, 0.1) is 30.4 Å².